The fourth-order valence-corrected chi connectivity index (χ4v) is 4.51. The monoisotopic (exact) mass is 523 g/mol. The second kappa shape index (κ2) is 10.6. The van der Waals surface area contributed by atoms with Crippen LogP contribution in [0.15, 0.2) is 96.0 Å². The van der Waals surface area contributed by atoms with Crippen LogP contribution in [0, 0.1) is 0 Å². The van der Waals surface area contributed by atoms with Crippen LogP contribution < -0.4 is 9.54 Å². The Bertz CT molecular complexity index is 1700. The number of hydrogen-bond acceptors (Lipinski definition) is 7. The molecule has 0 saturated heterocycles. The van der Waals surface area contributed by atoms with E-state index in [4.69, 9.17) is 4.74 Å². The molecule has 0 atom stereocenters. The molecule has 0 spiro atoms. The van der Waals surface area contributed by atoms with Gasteiger partial charge in [0.1, 0.15) is 17.1 Å². The Balaban J connectivity index is 1.64. The number of para-hydroxylation sites is 1. The van der Waals surface area contributed by atoms with Crippen molar-refractivity contribution in [2.45, 2.75) is 6.92 Å². The van der Waals surface area contributed by atoms with Crippen molar-refractivity contribution in [1.29, 1.82) is 0 Å². The average molecular weight is 524 g/mol. The van der Waals surface area contributed by atoms with E-state index in [0.29, 0.717) is 22.7 Å². The van der Waals surface area contributed by atoms with E-state index in [1.54, 1.807) is 67.8 Å². The van der Waals surface area contributed by atoms with Crippen LogP contribution in [-0.4, -0.2) is 44.1 Å². The van der Waals surface area contributed by atoms with Gasteiger partial charge in [0.15, 0.2) is 10.8 Å². The molecular weight excluding hydrogens is 502 g/mol. The molecule has 0 aliphatic carbocycles. The number of rotatable bonds is 7. The highest BCUT2D eigenvalue weighted by Crippen LogP contribution is 2.19. The molecule has 0 fully saturated rings. The Morgan fingerprint density at radius 2 is 1.45 bits per heavy atom. The number of aromatic nitrogens is 4. The SMILES string of the molecule is COc1ccc(-n2nc(C(=O)c3cc(C(C)=O)nn3-c3ccccc3)sc2=NC(=O)c2ccccc2)cc1. The summed E-state index contributed by atoms with van der Waals surface area (Å²) in [5.41, 5.74) is 1.93. The number of carbonyl (C=O) groups excluding carboxylic acids is 3. The molecule has 9 nitrogen and oxygen atoms in total. The molecule has 1 amide bonds. The van der Waals surface area contributed by atoms with Gasteiger partial charge in [-0.1, -0.05) is 47.7 Å². The normalized spacial score (nSPS) is 11.4. The molecule has 188 valence electrons. The van der Waals surface area contributed by atoms with Crippen LogP contribution in [0.25, 0.3) is 11.4 Å². The summed E-state index contributed by atoms with van der Waals surface area (Å²) in [5, 5.41) is 8.94. The van der Waals surface area contributed by atoms with Crippen LogP contribution >= 0.6 is 11.3 Å². The van der Waals surface area contributed by atoms with E-state index in [1.165, 1.54) is 22.4 Å². The van der Waals surface area contributed by atoms with Crippen molar-refractivity contribution in [1.82, 2.24) is 19.6 Å². The number of benzene rings is 3. The molecule has 2 aromatic heterocycles. The fourth-order valence-electron chi connectivity index (χ4n) is 3.66. The van der Waals surface area contributed by atoms with Gasteiger partial charge in [-0.3, -0.25) is 14.4 Å². The fraction of sp³-hybridized carbons (Fsp3) is 0.0714. The number of carbonyl (C=O) groups is 3. The summed E-state index contributed by atoms with van der Waals surface area (Å²) < 4.78 is 8.10. The average Bonchev–Trinajstić information content (AvgIpc) is 3.59. The summed E-state index contributed by atoms with van der Waals surface area (Å²) in [6.07, 6.45) is 0. The highest BCUT2D eigenvalue weighted by Gasteiger charge is 2.24. The summed E-state index contributed by atoms with van der Waals surface area (Å²) in [6.45, 7) is 1.39. The number of hydrogen-bond donors (Lipinski definition) is 0. The predicted octanol–water partition coefficient (Wildman–Crippen LogP) is 4.30. The Labute approximate surface area is 221 Å². The third-order valence-electron chi connectivity index (χ3n) is 5.59. The molecule has 0 aliphatic rings. The molecular formula is C28H21N5O4S. The summed E-state index contributed by atoms with van der Waals surface area (Å²) in [7, 11) is 1.56. The van der Waals surface area contributed by atoms with Crippen molar-refractivity contribution in [3.63, 3.8) is 0 Å². The molecule has 5 rings (SSSR count). The third-order valence-corrected chi connectivity index (χ3v) is 6.50. The zero-order valence-corrected chi connectivity index (χ0v) is 21.3. The quantitative estimate of drug-likeness (QED) is 0.294. The molecule has 0 N–H and O–H groups in total. The van der Waals surface area contributed by atoms with Crippen molar-refractivity contribution in [3.05, 3.63) is 118 Å². The van der Waals surface area contributed by atoms with Crippen LogP contribution in [0.3, 0.4) is 0 Å². The number of Topliss-reactive ketones (excluding diaryl/α,β-unsaturated/α-hetero) is 1. The minimum Gasteiger partial charge on any atom is -0.497 e. The maximum absolute atomic E-state index is 13.7. The Morgan fingerprint density at radius 3 is 2.08 bits per heavy atom. The summed E-state index contributed by atoms with van der Waals surface area (Å²) in [6, 6.07) is 26.1. The van der Waals surface area contributed by atoms with Crippen LogP contribution in [0.4, 0.5) is 0 Å². The number of ether oxygens (including phenoxy) is 1. The smallest absolute Gasteiger partial charge is 0.279 e. The van der Waals surface area contributed by atoms with E-state index in [0.717, 1.165) is 11.3 Å². The van der Waals surface area contributed by atoms with Crippen LogP contribution in [0.5, 0.6) is 5.75 Å². The van der Waals surface area contributed by atoms with Gasteiger partial charge in [0.25, 0.3) is 5.91 Å². The van der Waals surface area contributed by atoms with Gasteiger partial charge < -0.3 is 4.74 Å². The topological polar surface area (TPSA) is 108 Å². The minimum atomic E-state index is -0.469. The second-order valence-corrected chi connectivity index (χ2v) is 9.09. The van der Waals surface area contributed by atoms with Gasteiger partial charge in [0.05, 0.1) is 18.5 Å². The number of nitrogens with zero attached hydrogens (tertiary/aromatic N) is 5. The van der Waals surface area contributed by atoms with Gasteiger partial charge in [-0.05, 0) is 54.6 Å². The Kier molecular flexibility index (Phi) is 6.88. The van der Waals surface area contributed by atoms with Gasteiger partial charge in [0.2, 0.25) is 10.6 Å². The van der Waals surface area contributed by atoms with Crippen LogP contribution in [0.1, 0.15) is 43.3 Å². The largest absolute Gasteiger partial charge is 0.497 e. The maximum atomic E-state index is 13.7. The molecule has 10 heteroatoms. The van der Waals surface area contributed by atoms with Crippen molar-refractivity contribution in [2.24, 2.45) is 4.99 Å². The second-order valence-electron chi connectivity index (χ2n) is 8.13. The lowest BCUT2D eigenvalue weighted by Gasteiger charge is -2.05. The van der Waals surface area contributed by atoms with E-state index in [1.807, 2.05) is 24.3 Å². The number of ketones is 2. The zero-order valence-electron chi connectivity index (χ0n) is 20.4. The zero-order chi connectivity index (χ0) is 26.6. The van der Waals surface area contributed by atoms with Gasteiger partial charge in [-0.2, -0.15) is 15.2 Å². The Morgan fingerprint density at radius 1 is 0.816 bits per heavy atom. The maximum Gasteiger partial charge on any atom is 0.279 e. The first-order chi connectivity index (χ1) is 18.4. The number of methoxy groups -OCH3 is 1. The van der Waals surface area contributed by atoms with Gasteiger partial charge in [-0.25, -0.2) is 9.36 Å². The summed E-state index contributed by atoms with van der Waals surface area (Å²) in [4.78, 5) is 43.2. The predicted molar refractivity (Wildman–Crippen MR) is 141 cm³/mol. The van der Waals surface area contributed by atoms with E-state index in [2.05, 4.69) is 15.2 Å². The first-order valence-corrected chi connectivity index (χ1v) is 12.4. The molecule has 0 saturated carbocycles. The molecule has 0 radical (unpaired) electrons. The van der Waals surface area contributed by atoms with E-state index < -0.39 is 11.7 Å². The molecule has 0 bridgehead atoms. The van der Waals surface area contributed by atoms with Gasteiger partial charge in [0, 0.05) is 12.5 Å². The lowest BCUT2D eigenvalue weighted by atomic mass is 10.2. The summed E-state index contributed by atoms with van der Waals surface area (Å²) in [5.74, 6) is -0.563. The molecule has 2 heterocycles. The van der Waals surface area contributed by atoms with Crippen LogP contribution in [-0.2, 0) is 0 Å². The number of amides is 1. The molecule has 38 heavy (non-hydrogen) atoms. The van der Waals surface area contributed by atoms with Crippen molar-refractivity contribution in [2.75, 3.05) is 7.11 Å². The van der Waals surface area contributed by atoms with Crippen molar-refractivity contribution >= 4 is 28.8 Å². The molecule has 0 unspecified atom stereocenters. The summed E-state index contributed by atoms with van der Waals surface area (Å²) >= 11 is 0.969. The highest BCUT2D eigenvalue weighted by atomic mass is 32.1. The lowest BCUT2D eigenvalue weighted by molar-refractivity contribution is 0.0993. The van der Waals surface area contributed by atoms with E-state index in [-0.39, 0.29) is 27.0 Å². The first-order valence-electron chi connectivity index (χ1n) is 11.5. The van der Waals surface area contributed by atoms with Gasteiger partial charge in [-0.15, -0.1) is 0 Å². The standard InChI is InChI=1S/C28H21N5O4S/c1-18(34)23-17-24(32(30-23)20-11-7-4-8-12-20)25(35)27-31-33(21-13-15-22(37-2)16-14-21)28(38-27)29-26(36)19-9-5-3-6-10-19/h3-17H,1-2H3. The van der Waals surface area contributed by atoms with Crippen LogP contribution in [0.2, 0.25) is 0 Å². The molecule has 0 aliphatic heterocycles. The first kappa shape index (κ1) is 24.7. The molecule has 3 aromatic carbocycles. The molecule has 5 aromatic rings. The van der Waals surface area contributed by atoms with E-state index >= 15 is 0 Å². The van der Waals surface area contributed by atoms with E-state index in [9.17, 15) is 14.4 Å². The van der Waals surface area contributed by atoms with Gasteiger partial charge >= 0.3 is 0 Å². The Hall–Kier alpha value is -4.96. The van der Waals surface area contributed by atoms with Crippen molar-refractivity contribution in [3.8, 4) is 17.1 Å². The lowest BCUT2D eigenvalue weighted by Crippen LogP contribution is -2.17. The third kappa shape index (κ3) is 4.97. The minimum absolute atomic E-state index is 0.0765. The highest BCUT2D eigenvalue weighted by molar-refractivity contribution is 7.11. The van der Waals surface area contributed by atoms with Crippen molar-refractivity contribution < 1.29 is 19.1 Å².